The van der Waals surface area contributed by atoms with Gasteiger partial charge >= 0.3 is 5.97 Å². The first-order valence-corrected chi connectivity index (χ1v) is 8.78. The van der Waals surface area contributed by atoms with Gasteiger partial charge in [-0.3, -0.25) is 9.52 Å². The Morgan fingerprint density at radius 1 is 1.17 bits per heavy atom. The molecule has 9 heteroatoms. The molecule has 0 spiro atoms. The molecule has 0 atom stereocenters. The number of rotatable bonds is 6. The van der Waals surface area contributed by atoms with Crippen molar-refractivity contribution in [2.24, 2.45) is 0 Å². The molecule has 0 aliphatic rings. The van der Waals surface area contributed by atoms with E-state index in [1.807, 2.05) is 0 Å². The Kier molecular flexibility index (Phi) is 5.02. The smallest absolute Gasteiger partial charge is 0.337 e. The minimum Gasteiger partial charge on any atom is -0.478 e. The molecule has 0 fully saturated rings. The third-order valence-electron chi connectivity index (χ3n) is 2.82. The van der Waals surface area contributed by atoms with Crippen LogP contribution in [-0.2, 0) is 21.4 Å². The number of hydrogen-bond donors (Lipinski definition) is 3. The van der Waals surface area contributed by atoms with Gasteiger partial charge in [-0.1, -0.05) is 12.1 Å². The Bertz CT molecular complexity index is 842. The maximum Gasteiger partial charge on any atom is 0.337 e. The molecular formula is C14H14N2O5S2. The number of amides is 1. The molecule has 1 heterocycles. The third kappa shape index (κ3) is 4.30. The van der Waals surface area contributed by atoms with Gasteiger partial charge in [-0.2, -0.15) is 0 Å². The van der Waals surface area contributed by atoms with Crippen LogP contribution in [0.15, 0.2) is 40.6 Å². The summed E-state index contributed by atoms with van der Waals surface area (Å²) in [5, 5.41) is 11.7. The number of carboxylic acids is 1. The SMILES string of the molecule is CC(=O)NCc1ccc(S(=O)(=O)Nc2ccccc2C(=O)O)s1. The van der Waals surface area contributed by atoms with E-state index in [1.165, 1.54) is 31.2 Å². The Balaban J connectivity index is 2.23. The molecule has 2 rings (SSSR count). The summed E-state index contributed by atoms with van der Waals surface area (Å²) >= 11 is 1.00. The van der Waals surface area contributed by atoms with Crippen LogP contribution >= 0.6 is 11.3 Å². The molecule has 2 aromatic rings. The van der Waals surface area contributed by atoms with Gasteiger partial charge in [0.1, 0.15) is 4.21 Å². The average molecular weight is 354 g/mol. The van der Waals surface area contributed by atoms with Crippen molar-refractivity contribution in [3.8, 4) is 0 Å². The Hall–Kier alpha value is -2.39. The minimum atomic E-state index is -3.89. The van der Waals surface area contributed by atoms with Gasteiger partial charge in [0.05, 0.1) is 17.8 Å². The standard InChI is InChI=1S/C14H14N2O5S2/c1-9(17)15-8-10-6-7-13(22-10)23(20,21)16-12-5-3-2-4-11(12)14(18)19/h2-7,16H,8H2,1H3,(H,15,17)(H,18,19). The van der Waals surface area contributed by atoms with E-state index in [0.717, 1.165) is 11.3 Å². The van der Waals surface area contributed by atoms with E-state index in [4.69, 9.17) is 5.11 Å². The van der Waals surface area contributed by atoms with Gasteiger partial charge in [-0.15, -0.1) is 11.3 Å². The number of sulfonamides is 1. The first-order chi connectivity index (χ1) is 10.8. The zero-order chi connectivity index (χ0) is 17.0. The number of anilines is 1. The highest BCUT2D eigenvalue weighted by Gasteiger charge is 2.20. The van der Waals surface area contributed by atoms with Gasteiger partial charge in [0.15, 0.2) is 0 Å². The van der Waals surface area contributed by atoms with Gasteiger partial charge in [0.2, 0.25) is 5.91 Å². The fourth-order valence-corrected chi connectivity index (χ4v) is 4.14. The largest absolute Gasteiger partial charge is 0.478 e. The highest BCUT2D eigenvalue weighted by molar-refractivity contribution is 7.94. The normalized spacial score (nSPS) is 11.0. The predicted octanol–water partition coefficient (Wildman–Crippen LogP) is 1.88. The fourth-order valence-electron chi connectivity index (χ4n) is 1.76. The molecule has 0 bridgehead atoms. The van der Waals surface area contributed by atoms with Crippen LogP contribution in [0.5, 0.6) is 0 Å². The summed E-state index contributed by atoms with van der Waals surface area (Å²) in [5.74, 6) is -1.43. The van der Waals surface area contributed by atoms with E-state index in [9.17, 15) is 18.0 Å². The molecular weight excluding hydrogens is 340 g/mol. The molecule has 0 radical (unpaired) electrons. The number of aromatic carboxylic acids is 1. The average Bonchev–Trinajstić information content (AvgIpc) is 2.95. The lowest BCUT2D eigenvalue weighted by molar-refractivity contribution is -0.119. The molecule has 23 heavy (non-hydrogen) atoms. The molecule has 0 aliphatic carbocycles. The molecule has 122 valence electrons. The molecule has 0 saturated heterocycles. The predicted molar refractivity (Wildman–Crippen MR) is 86.0 cm³/mol. The molecule has 0 aliphatic heterocycles. The number of carboxylic acid groups (broad SMARTS) is 1. The van der Waals surface area contributed by atoms with Crippen LogP contribution in [0.1, 0.15) is 22.2 Å². The summed E-state index contributed by atoms with van der Waals surface area (Å²) in [5.41, 5.74) is -0.136. The summed E-state index contributed by atoms with van der Waals surface area (Å²) < 4.78 is 27.0. The van der Waals surface area contributed by atoms with Crippen LogP contribution in [0, 0.1) is 0 Å². The quantitative estimate of drug-likeness (QED) is 0.733. The summed E-state index contributed by atoms with van der Waals surface area (Å²) in [6.07, 6.45) is 0. The summed E-state index contributed by atoms with van der Waals surface area (Å²) in [6.45, 7) is 1.61. The van der Waals surface area contributed by atoms with E-state index in [0.29, 0.717) is 4.88 Å². The molecule has 1 amide bonds. The monoisotopic (exact) mass is 354 g/mol. The maximum absolute atomic E-state index is 12.3. The van der Waals surface area contributed by atoms with Crippen molar-refractivity contribution in [2.45, 2.75) is 17.7 Å². The van der Waals surface area contributed by atoms with Gasteiger partial charge in [-0.05, 0) is 24.3 Å². The van der Waals surface area contributed by atoms with Gasteiger partial charge in [-0.25, -0.2) is 13.2 Å². The Morgan fingerprint density at radius 2 is 1.87 bits per heavy atom. The minimum absolute atomic E-state index is 0.00295. The zero-order valence-corrected chi connectivity index (χ0v) is 13.7. The number of benzene rings is 1. The highest BCUT2D eigenvalue weighted by atomic mass is 32.2. The maximum atomic E-state index is 12.3. The summed E-state index contributed by atoms with van der Waals surface area (Å²) in [7, 11) is -3.89. The lowest BCUT2D eigenvalue weighted by Crippen LogP contribution is -2.18. The molecule has 0 saturated carbocycles. The second-order valence-electron chi connectivity index (χ2n) is 4.59. The van der Waals surface area contributed by atoms with E-state index in [1.54, 1.807) is 12.1 Å². The number of nitrogens with one attached hydrogen (secondary N) is 2. The second kappa shape index (κ2) is 6.80. The van der Waals surface area contributed by atoms with Crippen LogP contribution in [0.4, 0.5) is 5.69 Å². The third-order valence-corrected chi connectivity index (χ3v) is 5.76. The van der Waals surface area contributed by atoms with E-state index in [2.05, 4.69) is 10.0 Å². The van der Waals surface area contributed by atoms with E-state index < -0.39 is 16.0 Å². The number of carbonyl (C=O) groups is 2. The number of hydrogen-bond acceptors (Lipinski definition) is 5. The van der Waals surface area contributed by atoms with Crippen molar-refractivity contribution in [3.05, 3.63) is 46.8 Å². The lowest BCUT2D eigenvalue weighted by atomic mass is 10.2. The fraction of sp³-hybridized carbons (Fsp3) is 0.143. The molecule has 3 N–H and O–H groups in total. The lowest BCUT2D eigenvalue weighted by Gasteiger charge is -2.08. The van der Waals surface area contributed by atoms with Gasteiger partial charge < -0.3 is 10.4 Å². The Morgan fingerprint density at radius 3 is 2.52 bits per heavy atom. The first kappa shape index (κ1) is 17.0. The Labute approximate surface area is 137 Å². The highest BCUT2D eigenvalue weighted by Crippen LogP contribution is 2.25. The van der Waals surface area contributed by atoms with Crippen molar-refractivity contribution in [3.63, 3.8) is 0 Å². The van der Waals surface area contributed by atoms with Crippen LogP contribution < -0.4 is 10.0 Å². The van der Waals surface area contributed by atoms with Crippen LogP contribution in [-0.4, -0.2) is 25.4 Å². The van der Waals surface area contributed by atoms with Crippen molar-refractivity contribution in [1.82, 2.24) is 5.32 Å². The van der Waals surface area contributed by atoms with Crippen LogP contribution in [0.25, 0.3) is 0 Å². The second-order valence-corrected chi connectivity index (χ2v) is 7.66. The summed E-state index contributed by atoms with van der Waals surface area (Å²) in [6, 6.07) is 8.76. The van der Waals surface area contributed by atoms with Crippen molar-refractivity contribution >= 4 is 38.9 Å². The molecule has 7 nitrogen and oxygen atoms in total. The van der Waals surface area contributed by atoms with Crippen LogP contribution in [0.3, 0.4) is 0 Å². The van der Waals surface area contributed by atoms with Gasteiger partial charge in [0, 0.05) is 11.8 Å². The van der Waals surface area contributed by atoms with Crippen molar-refractivity contribution in [2.75, 3.05) is 4.72 Å². The number of para-hydroxylation sites is 1. The van der Waals surface area contributed by atoms with E-state index in [-0.39, 0.29) is 27.9 Å². The zero-order valence-electron chi connectivity index (χ0n) is 12.1. The van der Waals surface area contributed by atoms with Crippen molar-refractivity contribution < 1.29 is 23.1 Å². The van der Waals surface area contributed by atoms with Gasteiger partial charge in [0.25, 0.3) is 10.0 Å². The van der Waals surface area contributed by atoms with E-state index >= 15 is 0 Å². The topological polar surface area (TPSA) is 113 Å². The molecule has 0 unspecified atom stereocenters. The van der Waals surface area contributed by atoms with Crippen LogP contribution in [0.2, 0.25) is 0 Å². The number of carbonyl (C=O) groups excluding carboxylic acids is 1. The first-order valence-electron chi connectivity index (χ1n) is 6.48. The van der Waals surface area contributed by atoms with Crippen molar-refractivity contribution in [1.29, 1.82) is 0 Å². The molecule has 1 aromatic heterocycles. The summed E-state index contributed by atoms with van der Waals surface area (Å²) in [4.78, 5) is 22.7. The molecule has 1 aromatic carbocycles. The number of thiophene rings is 1.